The Bertz CT molecular complexity index is 1560. The highest BCUT2D eigenvalue weighted by atomic mass is 16.7. The number of phenolic OH excluding ortho intramolecular Hbond substituents is 1. The van der Waals surface area contributed by atoms with Gasteiger partial charge in [0.25, 0.3) is 0 Å². The first-order valence-electron chi connectivity index (χ1n) is 16.5. The molecule has 284 valence electrons. The van der Waals surface area contributed by atoms with Crippen molar-refractivity contribution in [2.45, 2.75) is 75.3 Å². The maximum absolute atomic E-state index is 13.2. The molecule has 0 bridgehead atoms. The van der Waals surface area contributed by atoms with Crippen LogP contribution < -0.4 is 32.3 Å². The van der Waals surface area contributed by atoms with Crippen LogP contribution in [0.5, 0.6) is 5.75 Å². The van der Waals surface area contributed by atoms with E-state index in [-0.39, 0.29) is 30.9 Å². The van der Waals surface area contributed by atoms with Gasteiger partial charge in [0.1, 0.15) is 30.0 Å². The highest BCUT2D eigenvalue weighted by Crippen LogP contribution is 2.29. The minimum absolute atomic E-state index is 0.0377. The number of hydrogen-bond acceptors (Lipinski definition) is 12. The van der Waals surface area contributed by atoms with Gasteiger partial charge in [0.15, 0.2) is 6.10 Å². The van der Waals surface area contributed by atoms with Gasteiger partial charge in [-0.3, -0.25) is 24.0 Å². The van der Waals surface area contributed by atoms with Crippen LogP contribution >= 0.6 is 0 Å². The number of benzene rings is 2. The lowest BCUT2D eigenvalue weighted by molar-refractivity contribution is -0.227. The lowest BCUT2D eigenvalue weighted by atomic mass is 10.0. The normalized spacial score (nSPS) is 21.4. The summed E-state index contributed by atoms with van der Waals surface area (Å²) in [7, 11) is 0. The summed E-state index contributed by atoms with van der Waals surface area (Å²) < 4.78 is 4.98. The lowest BCUT2D eigenvalue weighted by Gasteiger charge is -2.28. The van der Waals surface area contributed by atoms with E-state index >= 15 is 0 Å². The molecule has 18 nitrogen and oxygen atoms in total. The van der Waals surface area contributed by atoms with Crippen LogP contribution in [-0.4, -0.2) is 123 Å². The van der Waals surface area contributed by atoms with Gasteiger partial charge in [-0.15, -0.1) is 0 Å². The number of ether oxygens (including phenoxy) is 1. The molecule has 0 aliphatic carbocycles. The number of nitrogens with two attached hydrogens (primary N) is 1. The van der Waals surface area contributed by atoms with Crippen molar-refractivity contribution in [1.82, 2.24) is 26.6 Å². The number of amides is 5. The molecule has 1 saturated heterocycles. The average Bonchev–Trinajstić information content (AvgIpc) is 3.32. The molecule has 0 radical (unpaired) electrons. The summed E-state index contributed by atoms with van der Waals surface area (Å²) >= 11 is 0. The summed E-state index contributed by atoms with van der Waals surface area (Å²) in [6, 6.07) is 11.2. The van der Waals surface area contributed by atoms with E-state index in [1.165, 1.54) is 24.3 Å². The smallest absolute Gasteiger partial charge is 0.335 e. The van der Waals surface area contributed by atoms with E-state index in [2.05, 4.69) is 26.6 Å². The highest BCUT2D eigenvalue weighted by molar-refractivity contribution is 5.93. The van der Waals surface area contributed by atoms with E-state index in [1.807, 2.05) is 13.8 Å². The summed E-state index contributed by atoms with van der Waals surface area (Å²) in [5.41, 5.74) is 6.71. The maximum Gasteiger partial charge on any atom is 0.335 e. The largest absolute Gasteiger partial charge is 0.508 e. The maximum atomic E-state index is 13.2. The summed E-state index contributed by atoms with van der Waals surface area (Å²) in [4.78, 5) is 75.2. The van der Waals surface area contributed by atoms with Crippen molar-refractivity contribution < 1.29 is 59.0 Å². The number of aliphatic hydroxyl groups is 3. The van der Waals surface area contributed by atoms with Crippen LogP contribution in [0.4, 0.5) is 0 Å². The molecule has 1 aliphatic heterocycles. The molecular weight excluding hydrogens is 684 g/mol. The number of hydrogen-bond donors (Lipinski definition) is 11. The number of carbonyl (C=O) groups is 6. The van der Waals surface area contributed by atoms with Crippen LogP contribution in [0.25, 0.3) is 0 Å². The summed E-state index contributed by atoms with van der Waals surface area (Å²) in [6.45, 7) is 1.80. The van der Waals surface area contributed by atoms with Gasteiger partial charge in [0.05, 0.1) is 25.7 Å². The number of primary amides is 1. The molecule has 7 atom stereocenters. The molecule has 12 N–H and O–H groups in total. The highest BCUT2D eigenvalue weighted by Gasteiger charge is 2.56. The Hall–Kier alpha value is -5.14. The van der Waals surface area contributed by atoms with E-state index in [1.54, 1.807) is 30.3 Å². The third-order valence-electron chi connectivity index (χ3n) is 8.14. The van der Waals surface area contributed by atoms with Gasteiger partial charge in [-0.1, -0.05) is 56.3 Å². The topological polar surface area (TPSA) is 299 Å². The standard InChI is InChI=1S/C34H46N6O12/c1-18(2)12-22(30(35)46)40-32(48)24(14-19-6-4-3-5-7-19)39-26(43)16-36-25(42)15-37-31(47)23(13-20-8-10-21(41)11-9-20)38-17-34(51)29(45)27(44)28(52-34)33(49)50/h3-11,18,22-24,27-29,38,41,44-45,51H,12-17H2,1-2H3,(H2,35,46)(H,36,42)(H,37,47)(H,39,43)(H,40,48)(H,49,50)/t22-,23-,24-,27+,28-,29-,34?/m0/s1. The predicted octanol–water partition coefficient (Wildman–Crippen LogP) is -3.24. The molecule has 1 fully saturated rings. The van der Waals surface area contributed by atoms with Crippen LogP contribution in [0.15, 0.2) is 54.6 Å². The average molecular weight is 731 g/mol. The molecule has 1 heterocycles. The number of carboxylic acids is 1. The van der Waals surface area contributed by atoms with Gasteiger partial charge < -0.3 is 62.6 Å². The van der Waals surface area contributed by atoms with Crippen molar-refractivity contribution in [3.05, 3.63) is 65.7 Å². The predicted molar refractivity (Wildman–Crippen MR) is 182 cm³/mol. The summed E-state index contributed by atoms with van der Waals surface area (Å²) in [6.07, 6.45) is -5.67. The molecule has 0 aromatic heterocycles. The van der Waals surface area contributed by atoms with E-state index < -0.39 is 97.4 Å². The molecule has 2 aromatic rings. The Morgan fingerprint density at radius 2 is 1.40 bits per heavy atom. The van der Waals surface area contributed by atoms with E-state index in [0.717, 1.165) is 0 Å². The minimum Gasteiger partial charge on any atom is -0.508 e. The van der Waals surface area contributed by atoms with Crippen LogP contribution in [0.1, 0.15) is 31.4 Å². The molecule has 2 aromatic carbocycles. The molecule has 5 amide bonds. The number of aliphatic hydroxyl groups excluding tert-OH is 2. The fraction of sp³-hybridized carbons (Fsp3) is 0.471. The number of carboxylic acid groups (broad SMARTS) is 1. The molecule has 18 heteroatoms. The van der Waals surface area contributed by atoms with Crippen molar-refractivity contribution >= 4 is 35.5 Å². The number of rotatable bonds is 19. The molecule has 0 spiro atoms. The molecule has 1 unspecified atom stereocenters. The second kappa shape index (κ2) is 18.9. The second-order valence-electron chi connectivity index (χ2n) is 12.9. The van der Waals surface area contributed by atoms with Crippen LogP contribution in [-0.2, 0) is 46.3 Å². The zero-order valence-corrected chi connectivity index (χ0v) is 28.7. The van der Waals surface area contributed by atoms with Crippen molar-refractivity contribution in [2.24, 2.45) is 11.7 Å². The Labute approximate surface area is 299 Å². The van der Waals surface area contributed by atoms with Crippen LogP contribution in [0, 0.1) is 5.92 Å². The van der Waals surface area contributed by atoms with Crippen molar-refractivity contribution in [1.29, 1.82) is 0 Å². The minimum atomic E-state index is -2.59. The molecule has 3 rings (SSSR count). The first-order chi connectivity index (χ1) is 24.5. The first-order valence-corrected chi connectivity index (χ1v) is 16.5. The zero-order chi connectivity index (χ0) is 38.6. The van der Waals surface area contributed by atoms with E-state index in [9.17, 15) is 54.3 Å². The number of nitrogens with one attached hydrogen (secondary N) is 5. The Morgan fingerprint density at radius 3 is 1.98 bits per heavy atom. The van der Waals surface area contributed by atoms with Gasteiger partial charge in [0.2, 0.25) is 35.3 Å². The number of aromatic hydroxyl groups is 1. The third-order valence-corrected chi connectivity index (χ3v) is 8.14. The van der Waals surface area contributed by atoms with E-state index in [4.69, 9.17) is 10.5 Å². The molecule has 0 saturated carbocycles. The van der Waals surface area contributed by atoms with E-state index in [0.29, 0.717) is 11.1 Å². The van der Waals surface area contributed by atoms with Gasteiger partial charge >= 0.3 is 5.97 Å². The van der Waals surface area contributed by atoms with Gasteiger partial charge in [-0.25, -0.2) is 4.79 Å². The third kappa shape index (κ3) is 12.3. The molecule has 1 aliphatic rings. The second-order valence-corrected chi connectivity index (χ2v) is 12.9. The summed E-state index contributed by atoms with van der Waals surface area (Å²) in [5, 5.41) is 62.3. The number of aliphatic carboxylic acids is 1. The Kier molecular flexibility index (Phi) is 15.0. The fourth-order valence-corrected chi connectivity index (χ4v) is 5.36. The van der Waals surface area contributed by atoms with Gasteiger partial charge in [0, 0.05) is 6.42 Å². The zero-order valence-electron chi connectivity index (χ0n) is 28.7. The fourth-order valence-electron chi connectivity index (χ4n) is 5.36. The van der Waals surface area contributed by atoms with Crippen molar-refractivity contribution in [3.8, 4) is 5.75 Å². The lowest BCUT2D eigenvalue weighted by Crippen LogP contribution is -2.56. The number of carbonyl (C=O) groups excluding carboxylic acids is 5. The Morgan fingerprint density at radius 1 is 0.808 bits per heavy atom. The van der Waals surface area contributed by atoms with Crippen molar-refractivity contribution in [3.63, 3.8) is 0 Å². The first kappa shape index (κ1) is 41.3. The van der Waals surface area contributed by atoms with Crippen LogP contribution in [0.3, 0.4) is 0 Å². The Balaban J connectivity index is 1.61. The number of phenols is 1. The van der Waals surface area contributed by atoms with Crippen molar-refractivity contribution in [2.75, 3.05) is 19.6 Å². The quantitative estimate of drug-likeness (QED) is 0.0678. The van der Waals surface area contributed by atoms with Crippen LogP contribution in [0.2, 0.25) is 0 Å². The SMILES string of the molecule is CC(C)C[C@H](NC(=O)[C@H](Cc1ccccc1)NC(=O)CNC(=O)CNC(=O)[C@H](Cc1ccc(O)cc1)NCC1(O)O[C@H](C(=O)O)[C@@H](O)[C@@H]1O)C(N)=O. The summed E-state index contributed by atoms with van der Waals surface area (Å²) in [5.74, 6) is -7.93. The van der Waals surface area contributed by atoms with Gasteiger partial charge in [-0.05, 0) is 42.0 Å². The van der Waals surface area contributed by atoms with Gasteiger partial charge in [-0.2, -0.15) is 0 Å². The molecular formula is C34H46N6O12. The molecule has 52 heavy (non-hydrogen) atoms. The monoisotopic (exact) mass is 730 g/mol.